The molecule has 48 heavy (non-hydrogen) atoms. The van der Waals surface area contributed by atoms with Gasteiger partial charge >= 0.3 is 0 Å². The molecule has 2 aromatic heterocycles. The van der Waals surface area contributed by atoms with E-state index in [-0.39, 0.29) is 23.0 Å². The van der Waals surface area contributed by atoms with E-state index in [0.29, 0.717) is 43.9 Å². The number of morpholine rings is 1. The summed E-state index contributed by atoms with van der Waals surface area (Å²) in [6.07, 6.45) is 7.62. The van der Waals surface area contributed by atoms with Crippen molar-refractivity contribution in [2.45, 2.75) is 71.0 Å². The summed E-state index contributed by atoms with van der Waals surface area (Å²) >= 11 is 0. The standard InChI is InChI=1S/C38H46FN5O4/c1-26-19-32(42-43(26)2)24-40-31-11-9-27(10-12-31)5-3-8-37(46)36-22-30(39)23-41-38(36)48-34-7-4-6-28(21-34)35-14-13-33(45)20-29(35)25-44-15-17-47-18-16-44/h4,6-7,13-14,19-23,27,31,40,45H,3,5,8-12,15-18,24-25H2,1-2H3. The molecule has 9 nitrogen and oxygen atoms in total. The molecule has 4 aromatic rings. The molecule has 0 radical (unpaired) electrons. The van der Waals surface area contributed by atoms with Crippen LogP contribution in [0.4, 0.5) is 4.39 Å². The lowest BCUT2D eigenvalue weighted by Gasteiger charge is -2.29. The summed E-state index contributed by atoms with van der Waals surface area (Å²) in [7, 11) is 1.97. The fraction of sp³-hybridized carbons (Fsp3) is 0.447. The molecule has 3 heterocycles. The molecule has 2 N–H and O–H groups in total. The Kier molecular flexibility index (Phi) is 11.2. The average molecular weight is 656 g/mol. The number of ether oxygens (including phenoxy) is 2. The number of benzene rings is 2. The molecule has 0 atom stereocenters. The van der Waals surface area contributed by atoms with Gasteiger partial charge < -0.3 is 19.9 Å². The Balaban J connectivity index is 1.04. The number of phenols is 1. The molecule has 1 saturated carbocycles. The number of ketones is 1. The van der Waals surface area contributed by atoms with E-state index in [2.05, 4.69) is 33.3 Å². The van der Waals surface area contributed by atoms with Crippen molar-refractivity contribution in [2.24, 2.45) is 13.0 Å². The first kappa shape index (κ1) is 33.8. The molecule has 0 unspecified atom stereocenters. The number of nitrogens with zero attached hydrogens (tertiary/aromatic N) is 4. The van der Waals surface area contributed by atoms with Crippen LogP contribution >= 0.6 is 0 Å². The predicted molar refractivity (Wildman–Crippen MR) is 183 cm³/mol. The van der Waals surface area contributed by atoms with Crippen molar-refractivity contribution in [2.75, 3.05) is 26.3 Å². The summed E-state index contributed by atoms with van der Waals surface area (Å²) in [6, 6.07) is 16.8. The Morgan fingerprint density at radius 2 is 1.90 bits per heavy atom. The largest absolute Gasteiger partial charge is 0.508 e. The van der Waals surface area contributed by atoms with Crippen molar-refractivity contribution in [1.82, 2.24) is 25.0 Å². The molecule has 2 fully saturated rings. The van der Waals surface area contributed by atoms with Gasteiger partial charge in [-0.25, -0.2) is 9.37 Å². The molecule has 6 rings (SSSR count). The Morgan fingerprint density at radius 3 is 2.67 bits per heavy atom. The number of rotatable bonds is 13. The summed E-state index contributed by atoms with van der Waals surface area (Å²) < 4.78 is 27.9. The van der Waals surface area contributed by atoms with Crippen molar-refractivity contribution < 1.29 is 23.8 Å². The van der Waals surface area contributed by atoms with E-state index in [1.807, 2.05) is 36.0 Å². The van der Waals surface area contributed by atoms with Crippen LogP contribution in [0.2, 0.25) is 0 Å². The number of aromatic hydroxyl groups is 1. The van der Waals surface area contributed by atoms with Crippen molar-refractivity contribution in [3.8, 4) is 28.5 Å². The summed E-state index contributed by atoms with van der Waals surface area (Å²) in [5.74, 6) is 0.667. The van der Waals surface area contributed by atoms with Crippen LogP contribution in [-0.2, 0) is 24.9 Å². The number of aromatic nitrogens is 3. The van der Waals surface area contributed by atoms with E-state index in [9.17, 15) is 14.3 Å². The number of aryl methyl sites for hydroxylation is 2. The normalized spacial score (nSPS) is 18.6. The number of Topliss-reactive ketones (excluding diaryl/α,β-unsaturated/α-hetero) is 1. The number of phenolic OH excluding ortho intramolecular Hbond substituents is 1. The zero-order chi connectivity index (χ0) is 33.5. The summed E-state index contributed by atoms with van der Waals surface area (Å²) in [5.41, 5.74) is 5.27. The van der Waals surface area contributed by atoms with Gasteiger partial charge in [-0.1, -0.05) is 24.6 Å². The lowest BCUT2D eigenvalue weighted by Crippen LogP contribution is -2.35. The number of hydrogen-bond acceptors (Lipinski definition) is 8. The minimum Gasteiger partial charge on any atom is -0.508 e. The van der Waals surface area contributed by atoms with Crippen molar-refractivity contribution in [1.29, 1.82) is 0 Å². The van der Waals surface area contributed by atoms with Crippen LogP contribution in [0.1, 0.15) is 72.3 Å². The second-order valence-corrected chi connectivity index (χ2v) is 13.2. The van der Waals surface area contributed by atoms with E-state index in [1.165, 1.54) is 6.07 Å². The summed E-state index contributed by atoms with van der Waals surface area (Å²) in [5, 5.41) is 18.4. The molecule has 254 valence electrons. The highest BCUT2D eigenvalue weighted by molar-refractivity contribution is 5.98. The Bertz CT molecular complexity index is 1670. The maximum atomic E-state index is 14.3. The van der Waals surface area contributed by atoms with Crippen LogP contribution in [0.3, 0.4) is 0 Å². The first-order valence-electron chi connectivity index (χ1n) is 17.1. The maximum Gasteiger partial charge on any atom is 0.230 e. The van der Waals surface area contributed by atoms with Gasteiger partial charge in [0, 0.05) is 51.4 Å². The Morgan fingerprint density at radius 1 is 1.08 bits per heavy atom. The fourth-order valence-electron chi connectivity index (χ4n) is 6.85. The van der Waals surface area contributed by atoms with Gasteiger partial charge in [0.2, 0.25) is 5.88 Å². The molecular formula is C38H46FN5O4. The Hall–Kier alpha value is -4.12. The SMILES string of the molecule is Cc1cc(CNC2CCC(CCCC(=O)c3cc(F)cnc3Oc3cccc(-c4ccc(O)cc4CN4CCOCC4)c3)CC2)nn1C. The minimum absolute atomic E-state index is 0.104. The molecule has 1 aliphatic carbocycles. The summed E-state index contributed by atoms with van der Waals surface area (Å²) in [4.78, 5) is 19.8. The highest BCUT2D eigenvalue weighted by Crippen LogP contribution is 2.34. The van der Waals surface area contributed by atoms with Crippen LogP contribution in [0, 0.1) is 18.7 Å². The second kappa shape index (κ2) is 15.9. The van der Waals surface area contributed by atoms with Crippen LogP contribution < -0.4 is 10.1 Å². The van der Waals surface area contributed by atoms with Crippen LogP contribution in [-0.4, -0.2) is 62.9 Å². The van der Waals surface area contributed by atoms with Gasteiger partial charge in [-0.05, 0) is 98.0 Å². The molecule has 0 spiro atoms. The van der Waals surface area contributed by atoms with Gasteiger partial charge in [0.1, 0.15) is 17.3 Å². The van der Waals surface area contributed by atoms with Crippen molar-refractivity contribution >= 4 is 5.78 Å². The fourth-order valence-corrected chi connectivity index (χ4v) is 6.85. The highest BCUT2D eigenvalue weighted by atomic mass is 19.1. The van der Waals surface area contributed by atoms with E-state index >= 15 is 0 Å². The molecule has 10 heteroatoms. The third-order valence-electron chi connectivity index (χ3n) is 9.66. The van der Waals surface area contributed by atoms with E-state index in [1.54, 1.807) is 18.2 Å². The van der Waals surface area contributed by atoms with Crippen LogP contribution in [0.15, 0.2) is 60.8 Å². The van der Waals surface area contributed by atoms with Gasteiger partial charge in [-0.2, -0.15) is 5.10 Å². The molecular weight excluding hydrogens is 609 g/mol. The van der Waals surface area contributed by atoms with Gasteiger partial charge in [0.15, 0.2) is 5.78 Å². The number of carbonyl (C=O) groups is 1. The number of halogens is 1. The molecule has 1 saturated heterocycles. The van der Waals surface area contributed by atoms with Gasteiger partial charge in [0.05, 0.1) is 30.7 Å². The summed E-state index contributed by atoms with van der Waals surface area (Å²) in [6.45, 7) is 6.57. The van der Waals surface area contributed by atoms with E-state index in [0.717, 1.165) is 92.4 Å². The number of nitrogens with one attached hydrogen (secondary N) is 1. The zero-order valence-electron chi connectivity index (χ0n) is 28.0. The number of carbonyl (C=O) groups excluding carboxylic acids is 1. The van der Waals surface area contributed by atoms with E-state index in [4.69, 9.17) is 9.47 Å². The highest BCUT2D eigenvalue weighted by Gasteiger charge is 2.23. The Labute approximate surface area is 282 Å². The maximum absolute atomic E-state index is 14.3. The molecule has 1 aliphatic heterocycles. The van der Waals surface area contributed by atoms with Crippen molar-refractivity contribution in [3.63, 3.8) is 0 Å². The van der Waals surface area contributed by atoms with Gasteiger partial charge in [-0.15, -0.1) is 0 Å². The topological polar surface area (TPSA) is 102 Å². The number of hydrogen-bond donors (Lipinski definition) is 2. The van der Waals surface area contributed by atoms with Gasteiger partial charge in [0.25, 0.3) is 0 Å². The average Bonchev–Trinajstić information content (AvgIpc) is 3.42. The first-order valence-corrected chi connectivity index (χ1v) is 17.1. The third-order valence-corrected chi connectivity index (χ3v) is 9.66. The smallest absolute Gasteiger partial charge is 0.230 e. The number of pyridine rings is 1. The molecule has 0 amide bonds. The molecule has 0 bridgehead atoms. The molecule has 2 aliphatic rings. The van der Waals surface area contributed by atoms with Crippen molar-refractivity contribution in [3.05, 3.63) is 89.1 Å². The lowest BCUT2D eigenvalue weighted by atomic mass is 9.83. The predicted octanol–water partition coefficient (Wildman–Crippen LogP) is 6.96. The first-order chi connectivity index (χ1) is 23.3. The zero-order valence-corrected chi connectivity index (χ0v) is 28.0. The molecule has 2 aromatic carbocycles. The van der Waals surface area contributed by atoms with E-state index < -0.39 is 5.82 Å². The monoisotopic (exact) mass is 655 g/mol. The second-order valence-electron chi connectivity index (χ2n) is 13.2. The van der Waals surface area contributed by atoms with Crippen LogP contribution in [0.25, 0.3) is 11.1 Å². The van der Waals surface area contributed by atoms with Crippen LogP contribution in [0.5, 0.6) is 17.4 Å². The lowest BCUT2D eigenvalue weighted by molar-refractivity contribution is 0.0342. The van der Waals surface area contributed by atoms with Gasteiger partial charge in [-0.3, -0.25) is 14.4 Å². The third kappa shape index (κ3) is 8.86. The quantitative estimate of drug-likeness (QED) is 0.149. The minimum atomic E-state index is -0.567.